The Balaban J connectivity index is 0.00000192. The minimum absolute atomic E-state index is 0. The predicted octanol–water partition coefficient (Wildman–Crippen LogP) is 2.15. The minimum atomic E-state index is 0. The van der Waals surface area contributed by atoms with Crippen molar-refractivity contribution in [1.82, 2.24) is 20.1 Å². The molecular weight excluding hydrogens is 401 g/mol. The lowest BCUT2D eigenvalue weighted by Gasteiger charge is -2.15. The van der Waals surface area contributed by atoms with Crippen molar-refractivity contribution in [3.63, 3.8) is 0 Å². The molecule has 1 saturated carbocycles. The van der Waals surface area contributed by atoms with Crippen LogP contribution in [0, 0.1) is 5.92 Å². The third-order valence-corrected chi connectivity index (χ3v) is 4.56. The van der Waals surface area contributed by atoms with Crippen LogP contribution in [0.5, 0.6) is 0 Å². The summed E-state index contributed by atoms with van der Waals surface area (Å²) in [6.45, 7) is 8.37. The van der Waals surface area contributed by atoms with Gasteiger partial charge in [0, 0.05) is 51.2 Å². The second-order valence-corrected chi connectivity index (χ2v) is 6.45. The highest BCUT2D eigenvalue weighted by Gasteiger charge is 2.34. The Bertz CT molecular complexity index is 469. The van der Waals surface area contributed by atoms with Crippen LogP contribution in [-0.4, -0.2) is 54.2 Å². The van der Waals surface area contributed by atoms with Crippen LogP contribution >= 0.6 is 24.0 Å². The second-order valence-electron chi connectivity index (χ2n) is 6.45. The quantitative estimate of drug-likeness (QED) is 0.395. The number of rotatable bonds is 7. The normalized spacial score (nSPS) is 22.0. The van der Waals surface area contributed by atoms with Crippen molar-refractivity contribution in [3.05, 3.63) is 24.5 Å². The van der Waals surface area contributed by atoms with Crippen molar-refractivity contribution >= 4 is 29.9 Å². The van der Waals surface area contributed by atoms with E-state index in [4.69, 9.17) is 4.99 Å². The zero-order valence-corrected chi connectivity index (χ0v) is 16.4. The summed E-state index contributed by atoms with van der Waals surface area (Å²) in [6, 6.07) is 5.03. The summed E-state index contributed by atoms with van der Waals surface area (Å²) >= 11 is 0. The van der Waals surface area contributed by atoms with Crippen LogP contribution in [0.25, 0.3) is 0 Å². The summed E-state index contributed by atoms with van der Waals surface area (Å²) in [7, 11) is 0. The number of halogens is 1. The van der Waals surface area contributed by atoms with Crippen molar-refractivity contribution in [2.24, 2.45) is 10.9 Å². The maximum absolute atomic E-state index is 4.79. The Morgan fingerprint density at radius 3 is 2.65 bits per heavy atom. The molecule has 0 amide bonds. The van der Waals surface area contributed by atoms with E-state index in [1.165, 1.54) is 32.4 Å². The fourth-order valence-electron chi connectivity index (χ4n) is 3.17. The Morgan fingerprint density at radius 1 is 1.17 bits per heavy atom. The first-order chi connectivity index (χ1) is 10.8. The fraction of sp³-hybridized carbons (Fsp3) is 0.706. The largest absolute Gasteiger partial charge is 0.357 e. The van der Waals surface area contributed by atoms with Gasteiger partial charge in [0.15, 0.2) is 5.96 Å². The number of aromatic nitrogens is 1. The molecule has 0 aromatic carbocycles. The van der Waals surface area contributed by atoms with Crippen LogP contribution in [0.4, 0.5) is 0 Å². The summed E-state index contributed by atoms with van der Waals surface area (Å²) in [5.74, 6) is 1.69. The van der Waals surface area contributed by atoms with Crippen molar-refractivity contribution in [3.8, 4) is 0 Å². The van der Waals surface area contributed by atoms with Crippen molar-refractivity contribution < 1.29 is 0 Å². The van der Waals surface area contributed by atoms with Gasteiger partial charge in [-0.1, -0.05) is 0 Å². The molecule has 2 aliphatic rings. The van der Waals surface area contributed by atoms with E-state index in [2.05, 4.69) is 51.6 Å². The zero-order chi connectivity index (χ0) is 15.2. The molecule has 0 bridgehead atoms. The van der Waals surface area contributed by atoms with Crippen LogP contribution in [0.2, 0.25) is 0 Å². The molecule has 1 aromatic heterocycles. The van der Waals surface area contributed by atoms with E-state index >= 15 is 0 Å². The third kappa shape index (κ3) is 5.99. The van der Waals surface area contributed by atoms with Crippen molar-refractivity contribution in [1.29, 1.82) is 0 Å². The molecule has 1 atom stereocenters. The standard InChI is InChI=1S/C17H29N5.HI/c1-2-18-17(19-8-12-21-9-3-4-10-21)20-13-15-7-11-22(14-15)16-5-6-16;/h3-4,9-10,15-16H,2,5-8,11-14H2,1H3,(H2,18,19,20);1H. The summed E-state index contributed by atoms with van der Waals surface area (Å²) in [5, 5.41) is 6.78. The highest BCUT2D eigenvalue weighted by atomic mass is 127. The van der Waals surface area contributed by atoms with E-state index in [0.29, 0.717) is 0 Å². The van der Waals surface area contributed by atoms with E-state index in [1.807, 2.05) is 0 Å². The lowest BCUT2D eigenvalue weighted by atomic mass is 10.1. The zero-order valence-electron chi connectivity index (χ0n) is 14.1. The molecule has 23 heavy (non-hydrogen) atoms. The summed E-state index contributed by atoms with van der Waals surface area (Å²) in [4.78, 5) is 7.45. The average molecular weight is 431 g/mol. The first kappa shape index (κ1) is 18.6. The highest BCUT2D eigenvalue weighted by Crippen LogP contribution is 2.31. The van der Waals surface area contributed by atoms with E-state index in [-0.39, 0.29) is 24.0 Å². The molecule has 1 aliphatic heterocycles. The van der Waals surface area contributed by atoms with Gasteiger partial charge >= 0.3 is 0 Å². The van der Waals surface area contributed by atoms with E-state index in [1.54, 1.807) is 0 Å². The van der Waals surface area contributed by atoms with Crippen LogP contribution in [-0.2, 0) is 6.54 Å². The van der Waals surface area contributed by atoms with E-state index in [0.717, 1.165) is 44.1 Å². The molecule has 5 nitrogen and oxygen atoms in total. The van der Waals surface area contributed by atoms with E-state index in [9.17, 15) is 0 Å². The Hall–Kier alpha value is -0.760. The predicted molar refractivity (Wildman–Crippen MR) is 107 cm³/mol. The van der Waals surface area contributed by atoms with Gasteiger partial charge in [-0.3, -0.25) is 4.99 Å². The topological polar surface area (TPSA) is 44.6 Å². The fourth-order valence-corrected chi connectivity index (χ4v) is 3.17. The molecule has 0 spiro atoms. The molecule has 1 unspecified atom stereocenters. The number of guanidine groups is 1. The minimum Gasteiger partial charge on any atom is -0.357 e. The van der Waals surface area contributed by atoms with Gasteiger partial charge < -0.3 is 20.1 Å². The molecule has 2 heterocycles. The van der Waals surface area contributed by atoms with Crippen LogP contribution in [0.3, 0.4) is 0 Å². The number of likely N-dealkylation sites (tertiary alicyclic amines) is 1. The van der Waals surface area contributed by atoms with Gasteiger partial charge in [-0.15, -0.1) is 24.0 Å². The number of aliphatic imine (C=N–C) groups is 1. The first-order valence-electron chi connectivity index (χ1n) is 8.72. The molecule has 6 heteroatoms. The molecule has 3 rings (SSSR count). The van der Waals surface area contributed by atoms with Gasteiger partial charge in [-0.25, -0.2) is 0 Å². The molecule has 130 valence electrons. The van der Waals surface area contributed by atoms with Gasteiger partial charge in [0.1, 0.15) is 0 Å². The Morgan fingerprint density at radius 2 is 1.96 bits per heavy atom. The number of nitrogens with zero attached hydrogens (tertiary/aromatic N) is 3. The van der Waals surface area contributed by atoms with E-state index < -0.39 is 0 Å². The summed E-state index contributed by atoms with van der Waals surface area (Å²) < 4.78 is 2.18. The number of hydrogen-bond acceptors (Lipinski definition) is 2. The monoisotopic (exact) mass is 431 g/mol. The maximum atomic E-state index is 4.79. The smallest absolute Gasteiger partial charge is 0.191 e. The number of nitrogens with one attached hydrogen (secondary N) is 2. The molecular formula is C17H30IN5. The second kappa shape index (κ2) is 9.52. The van der Waals surface area contributed by atoms with Gasteiger partial charge in [0.25, 0.3) is 0 Å². The van der Waals surface area contributed by atoms with Crippen molar-refractivity contribution in [2.45, 2.75) is 38.8 Å². The van der Waals surface area contributed by atoms with Gasteiger partial charge in [-0.05, 0) is 50.8 Å². The molecule has 0 radical (unpaired) electrons. The maximum Gasteiger partial charge on any atom is 0.191 e. The highest BCUT2D eigenvalue weighted by molar-refractivity contribution is 14.0. The number of hydrogen-bond donors (Lipinski definition) is 2. The summed E-state index contributed by atoms with van der Waals surface area (Å²) in [6.07, 6.45) is 8.33. The molecule has 2 fully saturated rings. The van der Waals surface area contributed by atoms with Crippen LogP contribution in [0.15, 0.2) is 29.5 Å². The van der Waals surface area contributed by atoms with Gasteiger partial charge in [0.05, 0.1) is 0 Å². The first-order valence-corrected chi connectivity index (χ1v) is 8.72. The SMILES string of the molecule is CCNC(=NCC1CCN(C2CC2)C1)NCCn1cccc1.I. The molecule has 1 aromatic rings. The Labute approximate surface area is 156 Å². The van der Waals surface area contributed by atoms with Crippen LogP contribution in [0.1, 0.15) is 26.2 Å². The molecule has 1 saturated heterocycles. The average Bonchev–Trinajstić information content (AvgIpc) is 3.05. The molecule has 2 N–H and O–H groups in total. The van der Waals surface area contributed by atoms with Gasteiger partial charge in [-0.2, -0.15) is 0 Å². The lowest BCUT2D eigenvalue weighted by Crippen LogP contribution is -2.39. The summed E-state index contributed by atoms with van der Waals surface area (Å²) in [5.41, 5.74) is 0. The Kier molecular flexibility index (Phi) is 7.69. The molecule has 1 aliphatic carbocycles. The lowest BCUT2D eigenvalue weighted by molar-refractivity contribution is 0.315. The van der Waals surface area contributed by atoms with Gasteiger partial charge in [0.2, 0.25) is 0 Å². The van der Waals surface area contributed by atoms with Crippen molar-refractivity contribution in [2.75, 3.05) is 32.7 Å². The third-order valence-electron chi connectivity index (χ3n) is 4.56. The van der Waals surface area contributed by atoms with Crippen LogP contribution < -0.4 is 10.6 Å².